The molecule has 2 aromatic rings. The Morgan fingerprint density at radius 3 is 1.73 bits per heavy atom. The van der Waals surface area contributed by atoms with E-state index in [0.717, 1.165) is 0 Å². The lowest BCUT2D eigenvalue weighted by Gasteiger charge is -2.34. The van der Waals surface area contributed by atoms with E-state index in [1.165, 1.54) is 0 Å². The summed E-state index contributed by atoms with van der Waals surface area (Å²) in [6, 6.07) is 10.6. The summed E-state index contributed by atoms with van der Waals surface area (Å²) in [5.41, 5.74) is -0.407. The highest BCUT2D eigenvalue weighted by molar-refractivity contribution is 5.24. The Kier molecular flexibility index (Phi) is 2.47. The van der Waals surface area contributed by atoms with Gasteiger partial charge in [-0.1, -0.05) is 19.1 Å². The number of hydrogen-bond acceptors (Lipinski definition) is 3. The molecule has 0 amide bonds. The Morgan fingerprint density at radius 1 is 0.933 bits per heavy atom. The van der Waals surface area contributed by atoms with Gasteiger partial charge in [-0.25, -0.2) is 0 Å². The van der Waals surface area contributed by atoms with Gasteiger partial charge in [0.1, 0.15) is 0 Å². The van der Waals surface area contributed by atoms with E-state index < -0.39 is 5.60 Å². The summed E-state index contributed by atoms with van der Waals surface area (Å²) < 4.78 is 0. The zero-order chi connectivity index (χ0) is 10.7. The molecule has 0 aliphatic heterocycles. The van der Waals surface area contributed by atoms with Crippen LogP contribution in [0.1, 0.15) is 18.3 Å². The summed E-state index contributed by atoms with van der Waals surface area (Å²) >= 11 is 0. The molecule has 0 N–H and O–H groups in total. The monoisotopic (exact) mass is 199 g/mol. The minimum atomic E-state index is -1.39. The summed E-state index contributed by atoms with van der Waals surface area (Å²) in [5.74, 6) is 0. The third kappa shape index (κ3) is 1.87. The quantitative estimate of drug-likeness (QED) is 0.727. The molecule has 0 aliphatic rings. The molecule has 0 fully saturated rings. The van der Waals surface area contributed by atoms with Crippen molar-refractivity contribution in [2.24, 2.45) is 0 Å². The molecule has 0 aliphatic carbocycles. The number of aromatic nitrogens is 2. The Morgan fingerprint density at radius 2 is 1.40 bits per heavy atom. The van der Waals surface area contributed by atoms with Crippen LogP contribution in [0.5, 0.6) is 0 Å². The number of nitrogens with zero attached hydrogens (tertiary/aromatic N) is 2. The Hall–Kier alpha value is -1.74. The molecule has 0 unspecified atom stereocenters. The average molecular weight is 199 g/mol. The van der Waals surface area contributed by atoms with E-state index in [9.17, 15) is 5.11 Å². The van der Waals surface area contributed by atoms with Crippen molar-refractivity contribution in [1.82, 2.24) is 9.97 Å². The number of hydrogen-bond donors (Lipinski definition) is 0. The second kappa shape index (κ2) is 3.79. The van der Waals surface area contributed by atoms with Crippen LogP contribution in [0, 0.1) is 0 Å². The van der Waals surface area contributed by atoms with Crippen LogP contribution < -0.4 is 5.11 Å². The van der Waals surface area contributed by atoms with Crippen molar-refractivity contribution in [3.63, 3.8) is 0 Å². The zero-order valence-electron chi connectivity index (χ0n) is 8.42. The van der Waals surface area contributed by atoms with Gasteiger partial charge in [-0.05, 0) is 29.9 Å². The fourth-order valence-corrected chi connectivity index (χ4v) is 1.42. The number of pyridine rings is 2. The molecule has 15 heavy (non-hydrogen) atoms. The van der Waals surface area contributed by atoms with Gasteiger partial charge in [-0.2, -0.15) is 0 Å². The lowest BCUT2D eigenvalue weighted by atomic mass is 9.97. The van der Waals surface area contributed by atoms with E-state index in [-0.39, 0.29) is 0 Å². The van der Waals surface area contributed by atoms with Crippen molar-refractivity contribution in [3.8, 4) is 0 Å². The third-order valence-corrected chi connectivity index (χ3v) is 2.31. The number of rotatable bonds is 2. The standard InChI is InChI=1S/C12H11N2O/c1-12(15,10-6-2-4-8-13-10)11-7-3-5-9-14-11/h2-9H,1H3/q-1. The van der Waals surface area contributed by atoms with Crippen LogP contribution >= 0.6 is 0 Å². The summed E-state index contributed by atoms with van der Waals surface area (Å²) in [6.07, 6.45) is 3.24. The second-order valence-corrected chi connectivity index (χ2v) is 3.46. The molecule has 0 spiro atoms. The van der Waals surface area contributed by atoms with Crippen molar-refractivity contribution in [2.75, 3.05) is 0 Å². The van der Waals surface area contributed by atoms with E-state index in [0.29, 0.717) is 11.4 Å². The maximum absolute atomic E-state index is 12.4. The van der Waals surface area contributed by atoms with Crippen LogP contribution in [0.4, 0.5) is 0 Å². The van der Waals surface area contributed by atoms with E-state index in [1.807, 2.05) is 0 Å². The largest absolute Gasteiger partial charge is 0.840 e. The Balaban J connectivity index is 2.44. The van der Waals surface area contributed by atoms with Gasteiger partial charge < -0.3 is 5.11 Å². The molecule has 2 rings (SSSR count). The average Bonchev–Trinajstić information content (AvgIpc) is 2.31. The van der Waals surface area contributed by atoms with Crippen molar-refractivity contribution < 1.29 is 5.11 Å². The predicted molar refractivity (Wildman–Crippen MR) is 54.9 cm³/mol. The highest BCUT2D eigenvalue weighted by Crippen LogP contribution is 2.21. The third-order valence-electron chi connectivity index (χ3n) is 2.31. The van der Waals surface area contributed by atoms with Gasteiger partial charge in [0.25, 0.3) is 0 Å². The van der Waals surface area contributed by atoms with Crippen LogP contribution in [-0.2, 0) is 5.60 Å². The first-order valence-corrected chi connectivity index (χ1v) is 4.75. The summed E-state index contributed by atoms with van der Waals surface area (Å²) in [5, 5.41) is 12.4. The van der Waals surface area contributed by atoms with Gasteiger partial charge in [-0.15, -0.1) is 0 Å². The lowest BCUT2D eigenvalue weighted by Crippen LogP contribution is -2.40. The van der Waals surface area contributed by atoms with Crippen LogP contribution in [0.15, 0.2) is 48.8 Å². The molecule has 76 valence electrons. The molecular weight excluding hydrogens is 188 g/mol. The van der Waals surface area contributed by atoms with Crippen molar-refractivity contribution >= 4 is 0 Å². The van der Waals surface area contributed by atoms with E-state index >= 15 is 0 Å². The Labute approximate surface area is 88.5 Å². The molecule has 0 saturated carbocycles. The van der Waals surface area contributed by atoms with E-state index in [4.69, 9.17) is 0 Å². The fraction of sp³-hybridized carbons (Fsp3) is 0.167. The Bertz CT molecular complexity index is 384. The summed E-state index contributed by atoms with van der Waals surface area (Å²) in [7, 11) is 0. The van der Waals surface area contributed by atoms with Gasteiger partial charge in [0.2, 0.25) is 0 Å². The van der Waals surface area contributed by atoms with Gasteiger partial charge in [0.05, 0.1) is 0 Å². The minimum Gasteiger partial charge on any atom is -0.840 e. The van der Waals surface area contributed by atoms with Crippen LogP contribution in [0.2, 0.25) is 0 Å². The van der Waals surface area contributed by atoms with Crippen molar-refractivity contribution in [2.45, 2.75) is 12.5 Å². The normalized spacial score (nSPS) is 11.3. The SMILES string of the molecule is CC([O-])(c1ccccn1)c1ccccn1. The molecule has 2 aromatic heterocycles. The molecule has 3 nitrogen and oxygen atoms in total. The fourth-order valence-electron chi connectivity index (χ4n) is 1.42. The molecular formula is C12H11N2O-. The molecule has 0 aromatic carbocycles. The smallest absolute Gasteiger partial charge is 0.0356 e. The maximum Gasteiger partial charge on any atom is 0.0356 e. The van der Waals surface area contributed by atoms with Gasteiger partial charge in [0.15, 0.2) is 0 Å². The second-order valence-electron chi connectivity index (χ2n) is 3.46. The first-order chi connectivity index (χ1) is 7.21. The zero-order valence-corrected chi connectivity index (χ0v) is 8.42. The molecule has 3 heteroatoms. The molecule has 0 bridgehead atoms. The van der Waals surface area contributed by atoms with Crippen molar-refractivity contribution in [3.05, 3.63) is 60.2 Å². The first-order valence-electron chi connectivity index (χ1n) is 4.75. The van der Waals surface area contributed by atoms with Crippen LogP contribution in [0.3, 0.4) is 0 Å². The highest BCUT2D eigenvalue weighted by atomic mass is 16.3. The lowest BCUT2D eigenvalue weighted by molar-refractivity contribution is -0.467. The summed E-state index contributed by atoms with van der Waals surface area (Å²) in [6.45, 7) is 1.58. The van der Waals surface area contributed by atoms with Gasteiger partial charge >= 0.3 is 0 Å². The van der Waals surface area contributed by atoms with Crippen molar-refractivity contribution in [1.29, 1.82) is 0 Å². The van der Waals surface area contributed by atoms with Crippen LogP contribution in [0.25, 0.3) is 0 Å². The molecule has 0 radical (unpaired) electrons. The van der Waals surface area contributed by atoms with Gasteiger partial charge in [-0.3, -0.25) is 9.97 Å². The van der Waals surface area contributed by atoms with Gasteiger partial charge in [0, 0.05) is 23.8 Å². The maximum atomic E-state index is 12.4. The van der Waals surface area contributed by atoms with E-state index in [2.05, 4.69) is 9.97 Å². The first kappa shape index (κ1) is 9.80. The molecule has 0 saturated heterocycles. The topological polar surface area (TPSA) is 48.8 Å². The predicted octanol–water partition coefficient (Wildman–Crippen LogP) is 1.10. The molecule has 2 heterocycles. The van der Waals surface area contributed by atoms with E-state index in [1.54, 1.807) is 55.7 Å². The summed E-state index contributed by atoms with van der Waals surface area (Å²) in [4.78, 5) is 8.15. The molecule has 0 atom stereocenters. The highest BCUT2D eigenvalue weighted by Gasteiger charge is 2.17. The minimum absolute atomic E-state index is 0.490. The van der Waals surface area contributed by atoms with Crippen LogP contribution in [-0.4, -0.2) is 9.97 Å².